The molecule has 1 aromatic carbocycles. The molecule has 1 aromatic rings. The maximum atomic E-state index is 11.5. The molecule has 2 rings (SSSR count). The largest absolute Gasteiger partial charge is 0.492 e. The van der Waals surface area contributed by atoms with Gasteiger partial charge in [-0.15, -0.1) is 11.6 Å². The maximum absolute atomic E-state index is 11.5. The van der Waals surface area contributed by atoms with Crippen molar-refractivity contribution in [2.24, 2.45) is 0 Å². The van der Waals surface area contributed by atoms with Gasteiger partial charge in [0.15, 0.2) is 5.78 Å². The van der Waals surface area contributed by atoms with Crippen LogP contribution >= 0.6 is 11.6 Å². The maximum Gasteiger partial charge on any atom is 0.169 e. The number of hydrogen-bond donors (Lipinski definition) is 0. The number of allylic oxidation sites excluding steroid dienone is 1. The van der Waals surface area contributed by atoms with Crippen LogP contribution in [0.2, 0.25) is 0 Å². The highest BCUT2D eigenvalue weighted by molar-refractivity contribution is 6.19. The van der Waals surface area contributed by atoms with E-state index in [-0.39, 0.29) is 5.78 Å². The molecule has 2 nitrogen and oxygen atoms in total. The minimum atomic E-state index is 0.157. The Hall–Kier alpha value is -1.28. The summed E-state index contributed by atoms with van der Waals surface area (Å²) in [5, 5.41) is 0. The van der Waals surface area contributed by atoms with E-state index in [1.807, 2.05) is 30.4 Å². The Labute approximate surface area is 93.5 Å². The third kappa shape index (κ3) is 2.21. The van der Waals surface area contributed by atoms with Crippen molar-refractivity contribution in [3.05, 3.63) is 35.4 Å². The molecular weight excluding hydrogens is 212 g/mol. The van der Waals surface area contributed by atoms with Crippen molar-refractivity contribution in [2.75, 3.05) is 12.5 Å². The minimum Gasteiger partial charge on any atom is -0.492 e. The lowest BCUT2D eigenvalue weighted by molar-refractivity contribution is 0.0933. The van der Waals surface area contributed by atoms with E-state index in [2.05, 4.69) is 0 Å². The lowest BCUT2D eigenvalue weighted by Crippen LogP contribution is -2.15. The van der Waals surface area contributed by atoms with Crippen LogP contribution in [-0.4, -0.2) is 18.3 Å². The van der Waals surface area contributed by atoms with E-state index in [4.69, 9.17) is 16.3 Å². The molecule has 1 aliphatic rings. The zero-order chi connectivity index (χ0) is 10.7. The van der Waals surface area contributed by atoms with Crippen molar-refractivity contribution in [3.8, 4) is 5.75 Å². The number of fused-ring (bicyclic) bond motifs is 1. The van der Waals surface area contributed by atoms with Gasteiger partial charge < -0.3 is 4.74 Å². The molecule has 0 aliphatic carbocycles. The fourth-order valence-corrected chi connectivity index (χ4v) is 1.65. The molecule has 0 bridgehead atoms. The lowest BCUT2D eigenvalue weighted by Gasteiger charge is -2.16. The molecule has 1 aliphatic heterocycles. The number of ketones is 1. The second kappa shape index (κ2) is 4.49. The van der Waals surface area contributed by atoms with Crippen molar-refractivity contribution in [1.82, 2.24) is 0 Å². The molecule has 78 valence electrons. The minimum absolute atomic E-state index is 0.157. The first-order valence-corrected chi connectivity index (χ1v) is 5.37. The molecular formula is C12H11ClO2. The van der Waals surface area contributed by atoms with Gasteiger partial charge in [-0.05, 0) is 17.7 Å². The monoisotopic (exact) mass is 222 g/mol. The van der Waals surface area contributed by atoms with Gasteiger partial charge in [-0.3, -0.25) is 4.79 Å². The van der Waals surface area contributed by atoms with Crippen LogP contribution in [0.1, 0.15) is 22.3 Å². The number of hydrogen-bond acceptors (Lipinski definition) is 2. The average Bonchev–Trinajstić information content (AvgIpc) is 2.26. The highest BCUT2D eigenvalue weighted by Crippen LogP contribution is 2.26. The Morgan fingerprint density at radius 3 is 3.13 bits per heavy atom. The molecule has 0 atom stereocenters. The Morgan fingerprint density at radius 1 is 1.47 bits per heavy atom. The predicted molar refractivity (Wildman–Crippen MR) is 60.6 cm³/mol. The zero-order valence-corrected chi connectivity index (χ0v) is 8.96. The van der Waals surface area contributed by atoms with E-state index in [9.17, 15) is 4.79 Å². The van der Waals surface area contributed by atoms with Crippen LogP contribution in [0.25, 0.3) is 6.08 Å². The highest BCUT2D eigenvalue weighted by Gasteiger charge is 2.17. The number of halogens is 1. The van der Waals surface area contributed by atoms with E-state index in [0.29, 0.717) is 30.2 Å². The van der Waals surface area contributed by atoms with Crippen LogP contribution in [0.3, 0.4) is 0 Å². The first kappa shape index (κ1) is 10.2. The second-order valence-electron chi connectivity index (χ2n) is 3.33. The topological polar surface area (TPSA) is 26.3 Å². The molecule has 0 N–H and O–H groups in total. The summed E-state index contributed by atoms with van der Waals surface area (Å²) in [6.07, 6.45) is 4.24. The fourth-order valence-electron chi connectivity index (χ4n) is 1.56. The molecule has 0 spiro atoms. The van der Waals surface area contributed by atoms with Gasteiger partial charge in [-0.2, -0.15) is 0 Å². The molecule has 0 fully saturated rings. The first-order chi connectivity index (χ1) is 7.31. The van der Waals surface area contributed by atoms with Crippen molar-refractivity contribution in [1.29, 1.82) is 0 Å². The number of alkyl halides is 1. The molecule has 0 saturated heterocycles. The van der Waals surface area contributed by atoms with E-state index in [0.717, 1.165) is 5.56 Å². The Kier molecular flexibility index (Phi) is 3.07. The van der Waals surface area contributed by atoms with Crippen LogP contribution in [0, 0.1) is 0 Å². The standard InChI is InChI=1S/C12H11ClO2/c13-6-1-2-9-3-4-10-11(14)5-7-15-12(10)8-9/h1-4,8H,5-7H2. The SMILES string of the molecule is O=C1CCOc2cc(C=CCCl)ccc21. The second-order valence-corrected chi connectivity index (χ2v) is 3.64. The van der Waals surface area contributed by atoms with E-state index < -0.39 is 0 Å². The molecule has 15 heavy (non-hydrogen) atoms. The van der Waals surface area contributed by atoms with Gasteiger partial charge in [0.05, 0.1) is 12.2 Å². The van der Waals surface area contributed by atoms with Gasteiger partial charge >= 0.3 is 0 Å². The average molecular weight is 223 g/mol. The summed E-state index contributed by atoms with van der Waals surface area (Å²) in [6, 6.07) is 5.58. The van der Waals surface area contributed by atoms with Gasteiger partial charge in [-0.25, -0.2) is 0 Å². The quantitative estimate of drug-likeness (QED) is 0.720. The number of benzene rings is 1. The van der Waals surface area contributed by atoms with E-state index >= 15 is 0 Å². The predicted octanol–water partition coefficient (Wildman–Crippen LogP) is 2.90. The van der Waals surface area contributed by atoms with Gasteiger partial charge in [0, 0.05) is 12.3 Å². The summed E-state index contributed by atoms with van der Waals surface area (Å²) in [5.74, 6) is 1.32. The summed E-state index contributed by atoms with van der Waals surface area (Å²) in [6.45, 7) is 0.481. The van der Waals surface area contributed by atoms with E-state index in [1.165, 1.54) is 0 Å². The molecule has 0 amide bonds. The van der Waals surface area contributed by atoms with Gasteiger partial charge in [0.1, 0.15) is 5.75 Å². The molecule has 0 saturated carbocycles. The normalized spacial score (nSPS) is 15.1. The first-order valence-electron chi connectivity index (χ1n) is 4.84. The zero-order valence-electron chi connectivity index (χ0n) is 8.20. The van der Waals surface area contributed by atoms with Crippen LogP contribution in [0.15, 0.2) is 24.3 Å². The molecule has 0 radical (unpaired) electrons. The van der Waals surface area contributed by atoms with Crippen LogP contribution in [-0.2, 0) is 0 Å². The van der Waals surface area contributed by atoms with Crippen molar-refractivity contribution >= 4 is 23.5 Å². The fraction of sp³-hybridized carbons (Fsp3) is 0.250. The van der Waals surface area contributed by atoms with Gasteiger partial charge in [0.2, 0.25) is 0 Å². The number of Topliss-reactive ketones (excluding diaryl/α,β-unsaturated/α-hetero) is 1. The molecule has 3 heteroatoms. The summed E-state index contributed by atoms with van der Waals surface area (Å²) >= 11 is 5.55. The Bertz CT molecular complexity index is 410. The number of ether oxygens (including phenoxy) is 1. The van der Waals surface area contributed by atoms with Crippen LogP contribution in [0.4, 0.5) is 0 Å². The summed E-state index contributed by atoms with van der Waals surface area (Å²) in [7, 11) is 0. The highest BCUT2D eigenvalue weighted by atomic mass is 35.5. The summed E-state index contributed by atoms with van der Waals surface area (Å²) in [4.78, 5) is 11.5. The number of carbonyl (C=O) groups excluding carboxylic acids is 1. The lowest BCUT2D eigenvalue weighted by atomic mass is 10.0. The van der Waals surface area contributed by atoms with Crippen LogP contribution in [0.5, 0.6) is 5.75 Å². The van der Waals surface area contributed by atoms with Crippen LogP contribution < -0.4 is 4.74 Å². The van der Waals surface area contributed by atoms with Crippen molar-refractivity contribution in [3.63, 3.8) is 0 Å². The van der Waals surface area contributed by atoms with E-state index in [1.54, 1.807) is 0 Å². The summed E-state index contributed by atoms with van der Waals surface area (Å²) in [5.41, 5.74) is 1.69. The smallest absolute Gasteiger partial charge is 0.169 e. The van der Waals surface area contributed by atoms with Gasteiger partial charge in [0.25, 0.3) is 0 Å². The molecule has 0 aromatic heterocycles. The molecule has 1 heterocycles. The Balaban J connectivity index is 2.33. The van der Waals surface area contributed by atoms with Gasteiger partial charge in [-0.1, -0.05) is 18.2 Å². The van der Waals surface area contributed by atoms with Crippen molar-refractivity contribution < 1.29 is 9.53 Å². The summed E-state index contributed by atoms with van der Waals surface area (Å²) < 4.78 is 5.43. The third-order valence-electron chi connectivity index (χ3n) is 2.29. The van der Waals surface area contributed by atoms with Crippen molar-refractivity contribution in [2.45, 2.75) is 6.42 Å². The number of rotatable bonds is 2. The number of carbonyl (C=O) groups is 1. The Morgan fingerprint density at radius 2 is 2.33 bits per heavy atom. The molecule has 0 unspecified atom stereocenters. The third-order valence-corrected chi connectivity index (χ3v) is 2.47.